The molecule has 1 atom stereocenters. The van der Waals surface area contributed by atoms with E-state index in [4.69, 9.17) is 5.73 Å². The van der Waals surface area contributed by atoms with Crippen LogP contribution in [-0.2, 0) is 16.0 Å². The van der Waals surface area contributed by atoms with Crippen LogP contribution in [0.4, 0.5) is 4.39 Å². The fourth-order valence-corrected chi connectivity index (χ4v) is 3.82. The van der Waals surface area contributed by atoms with Crippen molar-refractivity contribution in [1.82, 2.24) is 15.1 Å². The fourth-order valence-electron chi connectivity index (χ4n) is 3.82. The summed E-state index contributed by atoms with van der Waals surface area (Å²) in [7, 11) is 0. The SMILES string of the molecule is Cc1cc(C(=O)NC(Cc2ccccc2)C(=O)C(N)=O)n(-c2cccc(-c3ccccc3F)c2)n1. The molecule has 4 rings (SSSR count). The van der Waals surface area contributed by atoms with Gasteiger partial charge in [0.1, 0.15) is 17.6 Å². The number of aryl methyl sites for hydroxylation is 1. The van der Waals surface area contributed by atoms with Crippen LogP contribution in [-0.4, -0.2) is 33.4 Å². The first-order chi connectivity index (χ1) is 16.8. The highest BCUT2D eigenvalue weighted by atomic mass is 19.1. The highest BCUT2D eigenvalue weighted by Crippen LogP contribution is 2.25. The number of hydrogen-bond acceptors (Lipinski definition) is 4. The van der Waals surface area contributed by atoms with Crippen molar-refractivity contribution in [2.45, 2.75) is 19.4 Å². The lowest BCUT2D eigenvalue weighted by atomic mass is 10.0. The molecule has 3 N–H and O–H groups in total. The number of hydrogen-bond donors (Lipinski definition) is 2. The Morgan fingerprint density at radius 2 is 1.69 bits per heavy atom. The number of carbonyl (C=O) groups is 3. The standard InChI is InChI=1S/C27H23FN4O3/c1-17-14-24(27(35)30-23(25(33)26(29)34)15-18-8-3-2-4-9-18)32(31-17)20-11-7-10-19(16-20)21-12-5-6-13-22(21)28/h2-14,16,23H,15H2,1H3,(H2,29,34)(H,30,35). The Balaban J connectivity index is 1.66. The van der Waals surface area contributed by atoms with Gasteiger partial charge < -0.3 is 11.1 Å². The van der Waals surface area contributed by atoms with Crippen LogP contribution in [0, 0.1) is 12.7 Å². The predicted octanol–water partition coefficient (Wildman–Crippen LogP) is 3.38. The molecule has 4 aromatic rings. The molecule has 35 heavy (non-hydrogen) atoms. The Hall–Kier alpha value is -4.59. The van der Waals surface area contributed by atoms with Gasteiger partial charge in [0, 0.05) is 12.0 Å². The number of nitrogens with two attached hydrogens (primary N) is 1. The third-order valence-electron chi connectivity index (χ3n) is 5.49. The highest BCUT2D eigenvalue weighted by Gasteiger charge is 2.27. The molecule has 0 spiro atoms. The number of nitrogens with zero attached hydrogens (tertiary/aromatic N) is 2. The number of aromatic nitrogens is 2. The summed E-state index contributed by atoms with van der Waals surface area (Å²) in [5.74, 6) is -2.99. The first-order valence-corrected chi connectivity index (χ1v) is 10.9. The highest BCUT2D eigenvalue weighted by molar-refractivity contribution is 6.38. The average Bonchev–Trinajstić information content (AvgIpc) is 3.26. The van der Waals surface area contributed by atoms with Gasteiger partial charge in [0.05, 0.1) is 11.4 Å². The molecule has 8 heteroatoms. The van der Waals surface area contributed by atoms with Gasteiger partial charge in [-0.1, -0.05) is 60.7 Å². The summed E-state index contributed by atoms with van der Waals surface area (Å²) in [6, 6.07) is 22.8. The summed E-state index contributed by atoms with van der Waals surface area (Å²) in [6.45, 7) is 1.73. The van der Waals surface area contributed by atoms with Crippen LogP contribution in [0.1, 0.15) is 21.7 Å². The minimum Gasteiger partial charge on any atom is -0.363 e. The van der Waals surface area contributed by atoms with Crippen LogP contribution >= 0.6 is 0 Å². The van der Waals surface area contributed by atoms with Crippen LogP contribution in [0.2, 0.25) is 0 Å². The number of nitrogens with one attached hydrogen (secondary N) is 1. The lowest BCUT2D eigenvalue weighted by molar-refractivity contribution is -0.137. The van der Waals surface area contributed by atoms with Crippen molar-refractivity contribution in [3.63, 3.8) is 0 Å². The molecule has 0 radical (unpaired) electrons. The van der Waals surface area contributed by atoms with Crippen molar-refractivity contribution in [3.05, 3.63) is 108 Å². The number of amides is 2. The summed E-state index contributed by atoms with van der Waals surface area (Å²) < 4.78 is 15.7. The van der Waals surface area contributed by atoms with Crippen molar-refractivity contribution < 1.29 is 18.8 Å². The first-order valence-electron chi connectivity index (χ1n) is 10.9. The van der Waals surface area contributed by atoms with E-state index in [1.165, 1.54) is 10.7 Å². The second-order valence-electron chi connectivity index (χ2n) is 8.06. The molecule has 1 unspecified atom stereocenters. The van der Waals surface area contributed by atoms with E-state index in [1.54, 1.807) is 79.7 Å². The van der Waals surface area contributed by atoms with E-state index in [1.807, 2.05) is 6.07 Å². The number of halogens is 1. The second kappa shape index (κ2) is 10.1. The van der Waals surface area contributed by atoms with Gasteiger partial charge in [0.25, 0.3) is 11.8 Å². The lowest BCUT2D eigenvalue weighted by Gasteiger charge is -2.17. The number of rotatable bonds is 8. The van der Waals surface area contributed by atoms with E-state index in [0.717, 1.165) is 5.56 Å². The smallest absolute Gasteiger partial charge is 0.287 e. The Morgan fingerprint density at radius 3 is 2.40 bits per heavy atom. The van der Waals surface area contributed by atoms with Crippen molar-refractivity contribution >= 4 is 17.6 Å². The Morgan fingerprint density at radius 1 is 0.971 bits per heavy atom. The zero-order chi connectivity index (χ0) is 24.9. The van der Waals surface area contributed by atoms with Crippen LogP contribution in [0.5, 0.6) is 0 Å². The van der Waals surface area contributed by atoms with Gasteiger partial charge in [0.2, 0.25) is 5.78 Å². The molecule has 0 saturated carbocycles. The van der Waals surface area contributed by atoms with E-state index in [-0.39, 0.29) is 17.9 Å². The Bertz CT molecular complexity index is 1400. The van der Waals surface area contributed by atoms with E-state index in [0.29, 0.717) is 22.5 Å². The number of benzene rings is 3. The molecule has 7 nitrogen and oxygen atoms in total. The second-order valence-corrected chi connectivity index (χ2v) is 8.06. The van der Waals surface area contributed by atoms with Crippen molar-refractivity contribution in [2.75, 3.05) is 0 Å². The Labute approximate surface area is 201 Å². The third-order valence-corrected chi connectivity index (χ3v) is 5.49. The number of primary amides is 1. The van der Waals surface area contributed by atoms with Crippen LogP contribution in [0.15, 0.2) is 84.9 Å². The van der Waals surface area contributed by atoms with E-state index >= 15 is 0 Å². The largest absolute Gasteiger partial charge is 0.363 e. The number of Topliss-reactive ketones (excluding diaryl/α,β-unsaturated/α-hetero) is 1. The molecule has 0 aliphatic rings. The minimum atomic E-state index is -1.14. The van der Waals surface area contributed by atoms with Gasteiger partial charge >= 0.3 is 0 Å². The van der Waals surface area contributed by atoms with Gasteiger partial charge in [-0.05, 0) is 42.3 Å². The van der Waals surface area contributed by atoms with Gasteiger partial charge in [0.15, 0.2) is 0 Å². The molecule has 1 aromatic heterocycles. The first kappa shape index (κ1) is 23.6. The molecule has 0 saturated heterocycles. The topological polar surface area (TPSA) is 107 Å². The van der Waals surface area contributed by atoms with Gasteiger partial charge in [-0.15, -0.1) is 0 Å². The molecule has 3 aromatic carbocycles. The maximum atomic E-state index is 14.3. The summed E-state index contributed by atoms with van der Waals surface area (Å²) in [5.41, 5.74) is 8.27. The van der Waals surface area contributed by atoms with Gasteiger partial charge in [-0.2, -0.15) is 5.10 Å². The average molecular weight is 471 g/mol. The summed E-state index contributed by atoms with van der Waals surface area (Å²) in [6.07, 6.45) is 0.101. The van der Waals surface area contributed by atoms with Crippen molar-refractivity contribution in [3.8, 4) is 16.8 Å². The molecule has 2 amide bonds. The summed E-state index contributed by atoms with van der Waals surface area (Å²) >= 11 is 0. The molecular formula is C27H23FN4O3. The number of carbonyl (C=O) groups excluding carboxylic acids is 3. The van der Waals surface area contributed by atoms with Crippen LogP contribution in [0.25, 0.3) is 16.8 Å². The molecule has 176 valence electrons. The molecule has 0 aliphatic carbocycles. The quantitative estimate of drug-likeness (QED) is 0.385. The molecule has 0 fully saturated rings. The molecular weight excluding hydrogens is 447 g/mol. The van der Waals surface area contributed by atoms with Gasteiger partial charge in [-0.3, -0.25) is 14.4 Å². The van der Waals surface area contributed by atoms with E-state index in [2.05, 4.69) is 10.4 Å². The zero-order valence-electron chi connectivity index (χ0n) is 18.9. The van der Waals surface area contributed by atoms with Crippen molar-refractivity contribution in [1.29, 1.82) is 0 Å². The van der Waals surface area contributed by atoms with Gasteiger partial charge in [-0.25, -0.2) is 9.07 Å². The zero-order valence-corrected chi connectivity index (χ0v) is 18.9. The number of ketones is 1. The maximum Gasteiger partial charge on any atom is 0.287 e. The molecule has 0 bridgehead atoms. The maximum absolute atomic E-state index is 14.3. The molecule has 1 heterocycles. The normalized spacial score (nSPS) is 11.6. The summed E-state index contributed by atoms with van der Waals surface area (Å²) in [5, 5.41) is 7.05. The van der Waals surface area contributed by atoms with E-state index < -0.39 is 23.6 Å². The fraction of sp³-hybridized carbons (Fsp3) is 0.111. The monoisotopic (exact) mass is 470 g/mol. The van der Waals surface area contributed by atoms with Crippen LogP contribution in [0.3, 0.4) is 0 Å². The third kappa shape index (κ3) is 5.33. The lowest BCUT2D eigenvalue weighted by Crippen LogP contribution is -2.47. The minimum absolute atomic E-state index is 0.101. The Kier molecular flexibility index (Phi) is 6.82. The van der Waals surface area contributed by atoms with Crippen LogP contribution < -0.4 is 11.1 Å². The van der Waals surface area contributed by atoms with E-state index in [9.17, 15) is 18.8 Å². The molecule has 0 aliphatic heterocycles. The van der Waals surface area contributed by atoms with Crippen molar-refractivity contribution in [2.24, 2.45) is 5.73 Å². The predicted molar refractivity (Wildman–Crippen MR) is 129 cm³/mol. The summed E-state index contributed by atoms with van der Waals surface area (Å²) in [4.78, 5) is 37.3.